The highest BCUT2D eigenvalue weighted by Crippen LogP contribution is 2.38. The molecular formula is C42H40O25. The number of fused-ring (bicyclic) bond motifs is 1. The largest absolute Gasteiger partial charge is 0.508 e. The minimum Gasteiger partial charge on any atom is -0.508 e. The summed E-state index contributed by atoms with van der Waals surface area (Å²) in [4.78, 5) is 63.2. The molecule has 358 valence electrons. The molecule has 15 unspecified atom stereocenters. The molecule has 3 aliphatic rings. The van der Waals surface area contributed by atoms with Gasteiger partial charge in [-0.1, -0.05) is 12.1 Å². The molecule has 1 aromatic heterocycles. The van der Waals surface area contributed by atoms with Crippen molar-refractivity contribution in [3.8, 4) is 34.3 Å². The first-order valence-corrected chi connectivity index (χ1v) is 19.7. The summed E-state index contributed by atoms with van der Waals surface area (Å²) in [7, 11) is 0. The molecule has 3 aliphatic heterocycles. The van der Waals surface area contributed by atoms with Gasteiger partial charge in [-0.15, -0.1) is 0 Å². The molecule has 0 radical (unpaired) electrons. The Bertz CT molecular complexity index is 2560. The van der Waals surface area contributed by atoms with Crippen LogP contribution in [0.5, 0.6) is 23.0 Å². The van der Waals surface area contributed by atoms with Gasteiger partial charge < -0.3 is 98.9 Å². The third kappa shape index (κ3) is 10.2. The Morgan fingerprint density at radius 1 is 0.567 bits per heavy atom. The minimum atomic E-state index is -2.51. The summed E-state index contributed by atoms with van der Waals surface area (Å²) < 4.78 is 45.1. The van der Waals surface area contributed by atoms with Crippen molar-refractivity contribution >= 4 is 40.9 Å². The highest BCUT2D eigenvalue weighted by atomic mass is 16.8. The van der Waals surface area contributed by atoms with Crippen molar-refractivity contribution in [3.05, 3.63) is 88.6 Å². The van der Waals surface area contributed by atoms with E-state index < -0.39 is 138 Å². The Hall–Kier alpha value is -6.75. The van der Waals surface area contributed by atoms with Crippen molar-refractivity contribution in [2.75, 3.05) is 0 Å². The van der Waals surface area contributed by atoms with Crippen LogP contribution in [0.25, 0.3) is 28.4 Å². The summed E-state index contributed by atoms with van der Waals surface area (Å²) in [5.74, 6) is -8.64. The number of esters is 1. The van der Waals surface area contributed by atoms with Crippen LogP contribution in [-0.2, 0) is 47.6 Å². The van der Waals surface area contributed by atoms with Crippen molar-refractivity contribution in [2.45, 2.75) is 92.1 Å². The number of phenolic OH excluding ortho intramolecular Hbond substituents is 3. The molecule has 3 fully saturated rings. The van der Waals surface area contributed by atoms with Crippen LogP contribution < -0.4 is 10.2 Å². The van der Waals surface area contributed by atoms with Crippen LogP contribution in [0, 0.1) is 0 Å². The van der Waals surface area contributed by atoms with Crippen LogP contribution in [0.1, 0.15) is 5.56 Å². The molecule has 0 aliphatic carbocycles. The number of carbonyl (C=O) groups is 4. The second kappa shape index (κ2) is 19.6. The number of aromatic hydroxyl groups is 3. The zero-order valence-corrected chi connectivity index (χ0v) is 33.8. The highest BCUT2D eigenvalue weighted by molar-refractivity contribution is 5.87. The number of hydrogen-bond acceptors (Lipinski definition) is 22. The SMILES string of the molecule is O=C(C=Cc1ccc(O)cc1)OC1C(OC2C(Oc3cc(O)c4c(=O)cc(-c5ccc(O)cc5)oc4c3)OC(C(=O)O)C(O)C2OC2OC(C(=O)O)C(O)C(O)C2O)OC(C(=O)O)C(O)C1O. The molecule has 25 nitrogen and oxygen atoms in total. The molecule has 12 N–H and O–H groups in total. The molecule has 0 amide bonds. The van der Waals surface area contributed by atoms with Crippen molar-refractivity contribution in [3.63, 3.8) is 0 Å². The van der Waals surface area contributed by atoms with E-state index in [1.54, 1.807) is 0 Å². The van der Waals surface area contributed by atoms with Crippen molar-refractivity contribution in [1.29, 1.82) is 0 Å². The average molecular weight is 945 g/mol. The second-order valence-electron chi connectivity index (χ2n) is 15.2. The Balaban J connectivity index is 1.31. The predicted octanol–water partition coefficient (Wildman–Crippen LogP) is -2.05. The molecule has 25 heteroatoms. The number of carboxylic acids is 3. The number of ether oxygens (including phenoxy) is 7. The Morgan fingerprint density at radius 2 is 1.10 bits per heavy atom. The van der Waals surface area contributed by atoms with E-state index in [0.29, 0.717) is 5.56 Å². The number of hydrogen-bond donors (Lipinski definition) is 12. The van der Waals surface area contributed by atoms with Gasteiger partial charge >= 0.3 is 23.9 Å². The third-order valence-corrected chi connectivity index (χ3v) is 10.7. The molecule has 67 heavy (non-hydrogen) atoms. The van der Waals surface area contributed by atoms with Gasteiger partial charge in [-0.05, 0) is 48.0 Å². The van der Waals surface area contributed by atoms with Gasteiger partial charge in [0.05, 0.1) is 0 Å². The molecular weight excluding hydrogens is 904 g/mol. The summed E-state index contributed by atoms with van der Waals surface area (Å²) in [5, 5.41) is 125. The van der Waals surface area contributed by atoms with Gasteiger partial charge in [0.25, 0.3) is 0 Å². The van der Waals surface area contributed by atoms with Gasteiger partial charge in [0.2, 0.25) is 6.29 Å². The normalized spacial score (nSPS) is 32.1. The predicted molar refractivity (Wildman–Crippen MR) is 214 cm³/mol. The molecule has 0 spiro atoms. The molecule has 0 saturated carbocycles. The monoisotopic (exact) mass is 944 g/mol. The van der Waals surface area contributed by atoms with Crippen LogP contribution in [-0.4, -0.2) is 177 Å². The number of phenols is 3. The highest BCUT2D eigenvalue weighted by Gasteiger charge is 2.58. The topological polar surface area (TPSA) is 406 Å². The fourth-order valence-corrected chi connectivity index (χ4v) is 7.31. The summed E-state index contributed by atoms with van der Waals surface area (Å²) in [6.45, 7) is 0. The lowest BCUT2D eigenvalue weighted by Gasteiger charge is -2.48. The van der Waals surface area contributed by atoms with E-state index in [2.05, 4.69) is 0 Å². The fourth-order valence-electron chi connectivity index (χ4n) is 7.31. The summed E-state index contributed by atoms with van der Waals surface area (Å²) in [6.07, 6.45) is -33.4. The van der Waals surface area contributed by atoms with Gasteiger partial charge in [0.1, 0.15) is 82.5 Å². The van der Waals surface area contributed by atoms with E-state index in [4.69, 9.17) is 37.6 Å². The van der Waals surface area contributed by atoms with Crippen LogP contribution >= 0.6 is 0 Å². The zero-order chi connectivity index (χ0) is 48.6. The van der Waals surface area contributed by atoms with Gasteiger partial charge in [0, 0.05) is 29.8 Å². The molecule has 4 heterocycles. The smallest absolute Gasteiger partial charge is 0.335 e. The fraction of sp³-hybridized carbons (Fsp3) is 0.357. The third-order valence-electron chi connectivity index (χ3n) is 10.7. The van der Waals surface area contributed by atoms with Crippen molar-refractivity contribution < 1.29 is 118 Å². The lowest BCUT2D eigenvalue weighted by atomic mass is 9.95. The number of aliphatic carboxylic acids is 3. The Morgan fingerprint density at radius 3 is 1.72 bits per heavy atom. The first kappa shape index (κ1) is 48.2. The number of aliphatic hydroxyl groups excluding tert-OH is 6. The second-order valence-corrected chi connectivity index (χ2v) is 15.2. The first-order valence-electron chi connectivity index (χ1n) is 19.7. The Labute approximate surface area is 373 Å². The maximum absolute atomic E-state index is 13.2. The van der Waals surface area contributed by atoms with E-state index in [-0.39, 0.29) is 28.4 Å². The molecule has 15 atom stereocenters. The van der Waals surface area contributed by atoms with E-state index >= 15 is 0 Å². The minimum absolute atomic E-state index is 0.0774. The van der Waals surface area contributed by atoms with Gasteiger partial charge in [-0.3, -0.25) is 4.79 Å². The van der Waals surface area contributed by atoms with Crippen molar-refractivity contribution in [2.24, 2.45) is 0 Å². The lowest BCUT2D eigenvalue weighted by Crippen LogP contribution is -2.68. The summed E-state index contributed by atoms with van der Waals surface area (Å²) >= 11 is 0. The molecule has 7 rings (SSSR count). The van der Waals surface area contributed by atoms with Gasteiger partial charge in [-0.2, -0.15) is 0 Å². The molecule has 3 aromatic carbocycles. The summed E-state index contributed by atoms with van der Waals surface area (Å²) in [5.41, 5.74) is -0.506. The number of benzene rings is 3. The quantitative estimate of drug-likeness (QED) is 0.0507. The maximum atomic E-state index is 13.2. The molecule has 3 saturated heterocycles. The van der Waals surface area contributed by atoms with E-state index in [1.807, 2.05) is 0 Å². The average Bonchev–Trinajstić information content (AvgIpc) is 3.27. The standard InChI is InChI=1S/C42H40O25/c43-16-6-1-14(2-7-16)3-10-23(47)62-35-28(51)27(50)33(38(56)57)65-41(35)67-36-31(63-40-29(52)25(48)26(49)32(64-40)37(54)55)30(53)34(39(58)59)66-42(36)60-18-11-19(45)24-20(46)13-21(61-22(24)12-18)15-4-8-17(44)9-5-15/h1-13,25-36,40-45,48-53H,(H,54,55)(H,56,57)(H,58,59). The Kier molecular flexibility index (Phi) is 14.1. The maximum Gasteiger partial charge on any atom is 0.335 e. The number of aliphatic hydroxyl groups is 6. The van der Waals surface area contributed by atoms with Gasteiger partial charge in [-0.25, -0.2) is 19.2 Å². The summed E-state index contributed by atoms with van der Waals surface area (Å²) in [6, 6.07) is 13.6. The van der Waals surface area contributed by atoms with Crippen LogP contribution in [0.2, 0.25) is 0 Å². The van der Waals surface area contributed by atoms with Gasteiger partial charge in [0.15, 0.2) is 48.5 Å². The van der Waals surface area contributed by atoms with Crippen LogP contribution in [0.3, 0.4) is 0 Å². The van der Waals surface area contributed by atoms with Crippen molar-refractivity contribution in [1.82, 2.24) is 0 Å². The van der Waals surface area contributed by atoms with Crippen LogP contribution in [0.4, 0.5) is 0 Å². The molecule has 0 bridgehead atoms. The zero-order valence-electron chi connectivity index (χ0n) is 33.8. The van der Waals surface area contributed by atoms with E-state index in [9.17, 15) is 85.3 Å². The number of carboxylic acid groups (broad SMARTS) is 3. The first-order chi connectivity index (χ1) is 31.7. The number of rotatable bonds is 13. The van der Waals surface area contributed by atoms with E-state index in [1.165, 1.54) is 54.6 Å². The number of carbonyl (C=O) groups excluding carboxylic acids is 1. The lowest BCUT2D eigenvalue weighted by molar-refractivity contribution is -0.377. The van der Waals surface area contributed by atoms with E-state index in [0.717, 1.165) is 24.3 Å². The molecule has 4 aromatic rings. The van der Waals surface area contributed by atoms with Crippen LogP contribution in [0.15, 0.2) is 82.0 Å².